The van der Waals surface area contributed by atoms with E-state index in [9.17, 15) is 9.59 Å². The number of rotatable bonds is 6. The topological polar surface area (TPSA) is 67.4 Å². The first-order valence-corrected chi connectivity index (χ1v) is 8.44. The highest BCUT2D eigenvalue weighted by Crippen LogP contribution is 2.20. The number of benzene rings is 2. The first-order chi connectivity index (χ1) is 12.0. The van der Waals surface area contributed by atoms with E-state index in [1.165, 1.54) is 6.08 Å². The Morgan fingerprint density at radius 1 is 1.20 bits per heavy atom. The maximum Gasteiger partial charge on any atom is 0.244 e. The quantitative estimate of drug-likeness (QED) is 0.726. The van der Waals surface area contributed by atoms with Crippen LogP contribution in [-0.4, -0.2) is 25.5 Å². The van der Waals surface area contributed by atoms with Crippen molar-refractivity contribution >= 4 is 39.5 Å². The van der Waals surface area contributed by atoms with Crippen molar-refractivity contribution < 1.29 is 14.3 Å². The average molecular weight is 403 g/mol. The number of carbonyl (C=O) groups is 2. The predicted molar refractivity (Wildman–Crippen MR) is 103 cm³/mol. The van der Waals surface area contributed by atoms with E-state index in [1.54, 1.807) is 19.3 Å². The molecule has 0 bridgehead atoms. The van der Waals surface area contributed by atoms with Crippen LogP contribution in [0.2, 0.25) is 0 Å². The Morgan fingerprint density at radius 3 is 2.68 bits per heavy atom. The molecule has 0 saturated carbocycles. The number of hydrogen-bond donors (Lipinski definition) is 2. The Bertz CT molecular complexity index is 803. The molecule has 0 unspecified atom stereocenters. The minimum atomic E-state index is -0.353. The number of methoxy groups -OCH3 is 1. The fraction of sp³-hybridized carbons (Fsp3) is 0.158. The lowest BCUT2D eigenvalue weighted by Gasteiger charge is -2.09. The number of para-hydroxylation sites is 1. The van der Waals surface area contributed by atoms with Gasteiger partial charge in [0.2, 0.25) is 11.8 Å². The minimum absolute atomic E-state index is 0.107. The normalized spacial score (nSPS) is 10.5. The fourth-order valence-corrected chi connectivity index (χ4v) is 2.63. The van der Waals surface area contributed by atoms with Crippen LogP contribution >= 0.6 is 15.9 Å². The van der Waals surface area contributed by atoms with Crippen molar-refractivity contribution in [3.63, 3.8) is 0 Å². The molecule has 5 nitrogen and oxygen atoms in total. The van der Waals surface area contributed by atoms with E-state index < -0.39 is 0 Å². The van der Waals surface area contributed by atoms with E-state index in [2.05, 4.69) is 26.6 Å². The second-order valence-corrected chi connectivity index (χ2v) is 6.22. The number of carbonyl (C=O) groups excluding carboxylic acids is 2. The zero-order chi connectivity index (χ0) is 18.2. The van der Waals surface area contributed by atoms with E-state index in [4.69, 9.17) is 4.74 Å². The molecule has 0 aliphatic rings. The van der Waals surface area contributed by atoms with Gasteiger partial charge in [-0.05, 0) is 42.8 Å². The van der Waals surface area contributed by atoms with Crippen LogP contribution in [0.15, 0.2) is 53.0 Å². The molecule has 0 atom stereocenters. The largest absolute Gasteiger partial charge is 0.496 e. The van der Waals surface area contributed by atoms with Gasteiger partial charge in [-0.15, -0.1) is 0 Å². The number of ether oxygens (including phenoxy) is 1. The van der Waals surface area contributed by atoms with Crippen LogP contribution in [0.3, 0.4) is 0 Å². The maximum atomic E-state index is 11.9. The van der Waals surface area contributed by atoms with Gasteiger partial charge < -0.3 is 15.4 Å². The van der Waals surface area contributed by atoms with Gasteiger partial charge in [-0.3, -0.25) is 9.59 Å². The predicted octanol–water partition coefficient (Wildman–Crippen LogP) is 3.53. The third kappa shape index (κ3) is 5.76. The zero-order valence-electron chi connectivity index (χ0n) is 14.0. The summed E-state index contributed by atoms with van der Waals surface area (Å²) in [6.07, 6.45) is 3.01. The Morgan fingerprint density at radius 2 is 1.96 bits per heavy atom. The van der Waals surface area contributed by atoms with Crippen molar-refractivity contribution in [2.45, 2.75) is 6.92 Å². The van der Waals surface area contributed by atoms with Crippen LogP contribution in [0.1, 0.15) is 11.1 Å². The van der Waals surface area contributed by atoms with Crippen molar-refractivity contribution in [1.82, 2.24) is 5.32 Å². The van der Waals surface area contributed by atoms with Crippen LogP contribution in [0, 0.1) is 6.92 Å². The van der Waals surface area contributed by atoms with E-state index >= 15 is 0 Å². The van der Waals surface area contributed by atoms with Crippen molar-refractivity contribution in [1.29, 1.82) is 0 Å². The SMILES string of the molecule is COc1ccccc1/C=C/C(=O)NCC(=O)Nc1ccc(Br)cc1C. The minimum Gasteiger partial charge on any atom is -0.496 e. The van der Waals surface area contributed by atoms with Crippen molar-refractivity contribution in [3.05, 3.63) is 64.1 Å². The molecule has 0 aliphatic heterocycles. The van der Waals surface area contributed by atoms with Crippen molar-refractivity contribution in [3.8, 4) is 5.75 Å². The number of aryl methyl sites for hydroxylation is 1. The number of hydrogen-bond acceptors (Lipinski definition) is 3. The van der Waals surface area contributed by atoms with Crippen molar-refractivity contribution in [2.75, 3.05) is 19.0 Å². The molecule has 0 radical (unpaired) electrons. The van der Waals surface area contributed by atoms with Crippen LogP contribution in [0.4, 0.5) is 5.69 Å². The first-order valence-electron chi connectivity index (χ1n) is 7.64. The molecule has 2 amide bonds. The lowest BCUT2D eigenvalue weighted by atomic mass is 10.2. The van der Waals surface area contributed by atoms with Gasteiger partial charge >= 0.3 is 0 Å². The van der Waals surface area contributed by atoms with E-state index in [0.717, 1.165) is 15.6 Å². The summed E-state index contributed by atoms with van der Waals surface area (Å²) >= 11 is 3.37. The Balaban J connectivity index is 1.87. The molecular weight excluding hydrogens is 384 g/mol. The lowest BCUT2D eigenvalue weighted by Crippen LogP contribution is -2.31. The Hall–Kier alpha value is -2.60. The summed E-state index contributed by atoms with van der Waals surface area (Å²) in [7, 11) is 1.57. The monoisotopic (exact) mass is 402 g/mol. The van der Waals surface area contributed by atoms with Gasteiger partial charge in [0, 0.05) is 21.8 Å². The maximum absolute atomic E-state index is 11.9. The molecule has 0 saturated heterocycles. The summed E-state index contributed by atoms with van der Waals surface area (Å²) in [5.41, 5.74) is 2.44. The highest BCUT2D eigenvalue weighted by atomic mass is 79.9. The molecule has 6 heteroatoms. The summed E-state index contributed by atoms with van der Waals surface area (Å²) in [5, 5.41) is 5.32. The number of halogens is 1. The van der Waals surface area contributed by atoms with Gasteiger partial charge in [-0.2, -0.15) is 0 Å². The third-order valence-corrected chi connectivity index (χ3v) is 3.93. The molecule has 2 rings (SSSR count). The molecule has 2 aromatic rings. The number of amides is 2. The molecule has 0 spiro atoms. The Labute approximate surface area is 155 Å². The summed E-state index contributed by atoms with van der Waals surface area (Å²) in [6.45, 7) is 1.79. The smallest absolute Gasteiger partial charge is 0.244 e. The molecule has 0 aliphatic carbocycles. The summed E-state index contributed by atoms with van der Waals surface area (Å²) in [6, 6.07) is 12.9. The standard InChI is InChI=1S/C19H19BrN2O3/c1-13-11-15(20)8-9-16(13)22-19(24)12-21-18(23)10-7-14-5-3-4-6-17(14)25-2/h3-11H,12H2,1-2H3,(H,21,23)(H,22,24)/b10-7+. The van der Waals surface area contributed by atoms with Gasteiger partial charge in [-0.25, -0.2) is 0 Å². The van der Waals surface area contributed by atoms with E-state index in [-0.39, 0.29) is 18.4 Å². The van der Waals surface area contributed by atoms with Gasteiger partial charge in [-0.1, -0.05) is 34.1 Å². The highest BCUT2D eigenvalue weighted by molar-refractivity contribution is 9.10. The van der Waals surface area contributed by atoms with Gasteiger partial charge in [0.1, 0.15) is 5.75 Å². The van der Waals surface area contributed by atoms with Crippen LogP contribution in [0.5, 0.6) is 5.75 Å². The molecule has 0 fully saturated rings. The highest BCUT2D eigenvalue weighted by Gasteiger charge is 2.06. The second kappa shape index (κ2) is 9.03. The summed E-state index contributed by atoms with van der Waals surface area (Å²) < 4.78 is 6.15. The average Bonchev–Trinajstić information content (AvgIpc) is 2.60. The fourth-order valence-electron chi connectivity index (χ4n) is 2.16. The molecular formula is C19H19BrN2O3. The molecule has 2 N–H and O–H groups in total. The van der Waals surface area contributed by atoms with E-state index in [0.29, 0.717) is 11.4 Å². The van der Waals surface area contributed by atoms with Gasteiger partial charge in [0.15, 0.2) is 0 Å². The zero-order valence-corrected chi connectivity index (χ0v) is 15.6. The molecule has 130 valence electrons. The summed E-state index contributed by atoms with van der Waals surface area (Å²) in [4.78, 5) is 23.8. The van der Waals surface area contributed by atoms with Crippen LogP contribution < -0.4 is 15.4 Å². The van der Waals surface area contributed by atoms with Crippen molar-refractivity contribution in [2.24, 2.45) is 0 Å². The van der Waals surface area contributed by atoms with Gasteiger partial charge in [0.05, 0.1) is 13.7 Å². The molecule has 2 aromatic carbocycles. The van der Waals surface area contributed by atoms with Gasteiger partial charge in [0.25, 0.3) is 0 Å². The van der Waals surface area contributed by atoms with Crippen LogP contribution in [-0.2, 0) is 9.59 Å². The first kappa shape index (κ1) is 18.7. The second-order valence-electron chi connectivity index (χ2n) is 5.30. The van der Waals surface area contributed by atoms with E-state index in [1.807, 2.05) is 43.3 Å². The molecule has 25 heavy (non-hydrogen) atoms. The molecule has 0 heterocycles. The molecule has 0 aromatic heterocycles. The Kier molecular flexibility index (Phi) is 6.77. The lowest BCUT2D eigenvalue weighted by molar-refractivity contribution is -0.121. The number of nitrogens with one attached hydrogen (secondary N) is 2. The summed E-state index contributed by atoms with van der Waals surface area (Å²) in [5.74, 6) is 0.0352. The van der Waals surface area contributed by atoms with Crippen LogP contribution in [0.25, 0.3) is 6.08 Å². The number of anilines is 1. The third-order valence-electron chi connectivity index (χ3n) is 3.44.